The lowest BCUT2D eigenvalue weighted by Gasteiger charge is -2.30. The molecule has 1 atom stereocenters. The van der Waals surface area contributed by atoms with Gasteiger partial charge in [0.15, 0.2) is 6.61 Å². The number of benzene rings is 2. The number of likely N-dealkylation sites (N-methyl/N-ethyl adjacent to an activating group) is 1. The van der Waals surface area contributed by atoms with Gasteiger partial charge in [-0.2, -0.15) is 0 Å². The van der Waals surface area contributed by atoms with Crippen molar-refractivity contribution < 1.29 is 14.3 Å². The molecule has 28 heavy (non-hydrogen) atoms. The minimum absolute atomic E-state index is 0.104. The van der Waals surface area contributed by atoms with Gasteiger partial charge in [-0.25, -0.2) is 0 Å². The number of rotatable bonds is 8. The molecule has 0 radical (unpaired) electrons. The minimum Gasteiger partial charge on any atom is -0.484 e. The number of nitrogens with one attached hydrogen (secondary N) is 1. The third kappa shape index (κ3) is 5.87. The lowest BCUT2D eigenvalue weighted by molar-refractivity contribution is -0.142. The molecule has 0 bridgehead atoms. The number of carbonyl (C=O) groups is 2. The molecule has 0 saturated carbocycles. The lowest BCUT2D eigenvalue weighted by Crippen LogP contribution is -2.49. The maximum Gasteiger partial charge on any atom is 0.261 e. The molecule has 5 nitrogen and oxygen atoms in total. The number of amides is 2. The molecule has 150 valence electrons. The summed E-state index contributed by atoms with van der Waals surface area (Å²) in [5.74, 6) is -0.0442. The second-order valence-electron chi connectivity index (χ2n) is 6.00. The predicted octanol–water partition coefficient (Wildman–Crippen LogP) is 4.69. The molecule has 8 heteroatoms. The highest BCUT2D eigenvalue weighted by atomic mass is 79.9. The van der Waals surface area contributed by atoms with Crippen molar-refractivity contribution in [2.24, 2.45) is 0 Å². The number of hydrogen-bond acceptors (Lipinski definition) is 3. The summed E-state index contributed by atoms with van der Waals surface area (Å²) in [5.41, 5.74) is 0.588. The molecule has 0 fully saturated rings. The number of hydrogen-bond donors (Lipinski definition) is 1. The Hall–Kier alpha value is -1.76. The van der Waals surface area contributed by atoms with Gasteiger partial charge in [-0.05, 0) is 42.8 Å². The molecule has 1 N–H and O–H groups in total. The molecule has 0 saturated heterocycles. The van der Waals surface area contributed by atoms with Crippen LogP contribution in [-0.4, -0.2) is 36.4 Å². The van der Waals surface area contributed by atoms with Gasteiger partial charge in [0.05, 0.1) is 0 Å². The van der Waals surface area contributed by atoms with E-state index in [1.54, 1.807) is 30.3 Å². The summed E-state index contributed by atoms with van der Waals surface area (Å²) >= 11 is 15.9. The van der Waals surface area contributed by atoms with Crippen LogP contribution in [0.25, 0.3) is 0 Å². The van der Waals surface area contributed by atoms with E-state index in [4.69, 9.17) is 27.9 Å². The maximum atomic E-state index is 13.0. The van der Waals surface area contributed by atoms with Crippen molar-refractivity contribution in [3.8, 4) is 5.75 Å². The van der Waals surface area contributed by atoms with Crippen LogP contribution in [0.4, 0.5) is 0 Å². The summed E-state index contributed by atoms with van der Waals surface area (Å²) < 4.78 is 6.51. The van der Waals surface area contributed by atoms with E-state index in [-0.39, 0.29) is 25.0 Å². The second-order valence-corrected chi connectivity index (χ2v) is 7.73. The summed E-state index contributed by atoms with van der Waals surface area (Å²) in [6.07, 6.45) is 0.436. The summed E-state index contributed by atoms with van der Waals surface area (Å²) in [7, 11) is 1.54. The first-order chi connectivity index (χ1) is 13.4. The maximum absolute atomic E-state index is 13.0. The van der Waals surface area contributed by atoms with E-state index in [2.05, 4.69) is 21.2 Å². The average molecular weight is 488 g/mol. The third-order valence-corrected chi connectivity index (χ3v) is 5.44. The van der Waals surface area contributed by atoms with Gasteiger partial charge in [-0.1, -0.05) is 52.1 Å². The molecule has 0 aliphatic carbocycles. The smallest absolute Gasteiger partial charge is 0.261 e. The monoisotopic (exact) mass is 486 g/mol. The van der Waals surface area contributed by atoms with Gasteiger partial charge in [0.1, 0.15) is 11.8 Å². The first-order valence-corrected chi connectivity index (χ1v) is 10.2. The van der Waals surface area contributed by atoms with Crippen LogP contribution in [0.15, 0.2) is 46.9 Å². The van der Waals surface area contributed by atoms with Crippen molar-refractivity contribution in [2.45, 2.75) is 25.9 Å². The van der Waals surface area contributed by atoms with Gasteiger partial charge in [0.2, 0.25) is 5.91 Å². The van der Waals surface area contributed by atoms with E-state index in [9.17, 15) is 9.59 Å². The van der Waals surface area contributed by atoms with Crippen LogP contribution in [0.3, 0.4) is 0 Å². The first kappa shape index (κ1) is 22.5. The lowest BCUT2D eigenvalue weighted by atomic mass is 10.1. The quantitative estimate of drug-likeness (QED) is 0.587. The van der Waals surface area contributed by atoms with Gasteiger partial charge >= 0.3 is 0 Å². The zero-order chi connectivity index (χ0) is 20.7. The Morgan fingerprint density at radius 1 is 1.14 bits per heavy atom. The standard InChI is InChI=1S/C20H21BrCl2N2O3/c1-3-18(20(27)24-2)25(11-15-16(22)5-4-6-17(15)23)19(26)12-28-14-9-7-13(21)8-10-14/h4-10,18H,3,11-12H2,1-2H3,(H,24,27)/t18-/m1/s1. The van der Waals surface area contributed by atoms with Gasteiger partial charge in [0, 0.05) is 33.7 Å². The fourth-order valence-electron chi connectivity index (χ4n) is 2.70. The summed E-state index contributed by atoms with van der Waals surface area (Å²) in [6.45, 7) is 1.73. The molecule has 0 unspecified atom stereocenters. The predicted molar refractivity (Wildman–Crippen MR) is 115 cm³/mol. The highest BCUT2D eigenvalue weighted by molar-refractivity contribution is 9.10. The molecule has 2 aromatic rings. The van der Waals surface area contributed by atoms with Crippen LogP contribution in [0.5, 0.6) is 5.75 Å². The number of nitrogens with zero attached hydrogens (tertiary/aromatic N) is 1. The fraction of sp³-hybridized carbons (Fsp3) is 0.300. The van der Waals surface area contributed by atoms with Crippen LogP contribution in [0.2, 0.25) is 10.0 Å². The van der Waals surface area contributed by atoms with E-state index >= 15 is 0 Å². The van der Waals surface area contributed by atoms with Crippen molar-refractivity contribution in [3.63, 3.8) is 0 Å². The highest BCUT2D eigenvalue weighted by Gasteiger charge is 2.29. The van der Waals surface area contributed by atoms with Crippen molar-refractivity contribution in [1.82, 2.24) is 10.2 Å². The number of halogens is 3. The zero-order valence-electron chi connectivity index (χ0n) is 15.5. The molecule has 2 rings (SSSR count). The second kappa shape index (κ2) is 10.7. The topological polar surface area (TPSA) is 58.6 Å². The zero-order valence-corrected chi connectivity index (χ0v) is 18.6. The SMILES string of the molecule is CC[C@H](C(=O)NC)N(Cc1c(Cl)cccc1Cl)C(=O)COc1ccc(Br)cc1. The average Bonchev–Trinajstić information content (AvgIpc) is 2.69. The van der Waals surface area contributed by atoms with Gasteiger partial charge in [0.25, 0.3) is 5.91 Å². The van der Waals surface area contributed by atoms with Crippen LogP contribution in [0.1, 0.15) is 18.9 Å². The molecule has 0 aliphatic heterocycles. The van der Waals surface area contributed by atoms with Crippen LogP contribution in [-0.2, 0) is 16.1 Å². The Labute approximate surface area is 183 Å². The molecule has 2 aromatic carbocycles. The molecule has 0 heterocycles. The van der Waals surface area contributed by atoms with Gasteiger partial charge in [-0.15, -0.1) is 0 Å². The van der Waals surface area contributed by atoms with Crippen LogP contribution >= 0.6 is 39.1 Å². The number of carbonyl (C=O) groups excluding carboxylic acids is 2. The summed E-state index contributed by atoms with van der Waals surface area (Å²) in [4.78, 5) is 26.7. The van der Waals surface area contributed by atoms with Crippen molar-refractivity contribution >= 4 is 50.9 Å². The summed E-state index contributed by atoms with van der Waals surface area (Å²) in [5, 5.41) is 3.47. The van der Waals surface area contributed by atoms with Crippen molar-refractivity contribution in [1.29, 1.82) is 0 Å². The van der Waals surface area contributed by atoms with Gasteiger partial charge in [-0.3, -0.25) is 9.59 Å². The molecular formula is C20H21BrCl2N2O3. The van der Waals surface area contributed by atoms with E-state index in [1.807, 2.05) is 19.1 Å². The Morgan fingerprint density at radius 2 is 1.75 bits per heavy atom. The Kier molecular flexibility index (Phi) is 8.60. The normalized spacial score (nSPS) is 11.6. The van der Waals surface area contributed by atoms with E-state index in [0.29, 0.717) is 27.8 Å². The molecule has 0 aliphatic rings. The first-order valence-electron chi connectivity index (χ1n) is 8.69. The molecule has 0 spiro atoms. The molecular weight excluding hydrogens is 467 g/mol. The minimum atomic E-state index is -0.668. The van der Waals surface area contributed by atoms with Crippen LogP contribution in [0, 0.1) is 0 Å². The Balaban J connectivity index is 2.24. The summed E-state index contributed by atoms with van der Waals surface area (Å²) in [6, 6.07) is 11.6. The van der Waals surface area contributed by atoms with Crippen molar-refractivity contribution in [3.05, 3.63) is 62.5 Å². The Morgan fingerprint density at radius 3 is 2.29 bits per heavy atom. The third-order valence-electron chi connectivity index (χ3n) is 4.20. The number of ether oxygens (including phenoxy) is 1. The Bertz CT molecular complexity index is 810. The fourth-order valence-corrected chi connectivity index (χ4v) is 3.48. The van der Waals surface area contributed by atoms with E-state index < -0.39 is 6.04 Å². The molecule has 0 aromatic heterocycles. The van der Waals surface area contributed by atoms with Crippen LogP contribution < -0.4 is 10.1 Å². The largest absolute Gasteiger partial charge is 0.484 e. The van der Waals surface area contributed by atoms with E-state index in [0.717, 1.165) is 4.47 Å². The highest BCUT2D eigenvalue weighted by Crippen LogP contribution is 2.27. The van der Waals surface area contributed by atoms with Crippen molar-refractivity contribution in [2.75, 3.05) is 13.7 Å². The van der Waals surface area contributed by atoms with E-state index in [1.165, 1.54) is 11.9 Å². The molecule has 2 amide bonds. The van der Waals surface area contributed by atoms with Gasteiger partial charge < -0.3 is 15.0 Å².